The van der Waals surface area contributed by atoms with E-state index in [-0.39, 0.29) is 25.2 Å². The molecule has 2 aromatic carbocycles. The molecule has 2 amide bonds. The van der Waals surface area contributed by atoms with Crippen molar-refractivity contribution >= 4 is 38.4 Å². The summed E-state index contributed by atoms with van der Waals surface area (Å²) in [6.07, 6.45) is 0.818. The monoisotopic (exact) mass is 548 g/mol. The fourth-order valence-corrected chi connectivity index (χ4v) is 6.50. The first-order valence-corrected chi connectivity index (χ1v) is 14.0. The van der Waals surface area contributed by atoms with E-state index in [1.54, 1.807) is 41.0 Å². The molecule has 12 heteroatoms. The van der Waals surface area contributed by atoms with Crippen LogP contribution in [0.4, 0.5) is 5.69 Å². The van der Waals surface area contributed by atoms with E-state index >= 15 is 0 Å². The Balaban J connectivity index is 1.40. The Morgan fingerprint density at radius 3 is 2.51 bits per heavy atom. The maximum absolute atomic E-state index is 13.4. The molecule has 1 aromatic heterocycles. The van der Waals surface area contributed by atoms with E-state index in [4.69, 9.17) is 11.0 Å². The van der Waals surface area contributed by atoms with Crippen molar-refractivity contribution < 1.29 is 18.0 Å². The number of para-hydroxylation sites is 1. The highest BCUT2D eigenvalue weighted by molar-refractivity contribution is 7.91. The number of carbonyl (C=O) groups excluding carboxylic acids is 2. The average Bonchev–Trinajstić information content (AvgIpc) is 3.71. The average molecular weight is 549 g/mol. The summed E-state index contributed by atoms with van der Waals surface area (Å²) < 4.78 is 28.6. The van der Waals surface area contributed by atoms with Gasteiger partial charge in [0.2, 0.25) is 15.9 Å². The van der Waals surface area contributed by atoms with Crippen LogP contribution in [-0.4, -0.2) is 48.7 Å². The zero-order valence-electron chi connectivity index (χ0n) is 21.3. The third-order valence-corrected chi connectivity index (χ3v) is 9.46. The second-order valence-electron chi connectivity index (χ2n) is 10.1. The minimum absolute atomic E-state index is 0.0154. The number of aromatic nitrogens is 1. The van der Waals surface area contributed by atoms with Crippen molar-refractivity contribution in [3.63, 3.8) is 0 Å². The lowest BCUT2D eigenvalue weighted by Crippen LogP contribution is -2.51. The SMILES string of the molecule is C[C@H](N)C(=O)NS(=O)(=O)C1(CN2CCn3c(=O)c(C(=O)NCc4ccc(C#N)cc4)cc4cccc2c43)CC1. The summed E-state index contributed by atoms with van der Waals surface area (Å²) in [6.45, 7) is 2.42. The van der Waals surface area contributed by atoms with Gasteiger partial charge in [0.1, 0.15) is 10.3 Å². The van der Waals surface area contributed by atoms with Crippen LogP contribution in [0.25, 0.3) is 10.9 Å². The highest BCUT2D eigenvalue weighted by Gasteiger charge is 2.56. The van der Waals surface area contributed by atoms with Crippen LogP contribution in [0.15, 0.2) is 53.3 Å². The van der Waals surface area contributed by atoms with Crippen LogP contribution in [0.3, 0.4) is 0 Å². The lowest BCUT2D eigenvalue weighted by atomic mass is 10.1. The second kappa shape index (κ2) is 9.83. The Bertz CT molecular complexity index is 1680. The molecular formula is C27H28N6O5S. The van der Waals surface area contributed by atoms with Crippen molar-refractivity contribution in [3.05, 3.63) is 75.6 Å². The fourth-order valence-electron chi connectivity index (χ4n) is 4.87. The molecular weight excluding hydrogens is 520 g/mol. The summed E-state index contributed by atoms with van der Waals surface area (Å²) in [5.41, 5.74) is 7.77. The summed E-state index contributed by atoms with van der Waals surface area (Å²) in [4.78, 5) is 40.3. The molecule has 0 saturated heterocycles. The van der Waals surface area contributed by atoms with Gasteiger partial charge in [-0.3, -0.25) is 19.1 Å². The quantitative estimate of drug-likeness (QED) is 0.374. The predicted molar refractivity (Wildman–Crippen MR) is 145 cm³/mol. The van der Waals surface area contributed by atoms with Crippen molar-refractivity contribution in [1.82, 2.24) is 14.6 Å². The van der Waals surface area contributed by atoms with E-state index in [1.807, 2.05) is 23.1 Å². The maximum atomic E-state index is 13.4. The topological polar surface area (TPSA) is 167 Å². The molecule has 4 N–H and O–H groups in total. The largest absolute Gasteiger partial charge is 0.366 e. The maximum Gasteiger partial charge on any atom is 0.264 e. The summed E-state index contributed by atoms with van der Waals surface area (Å²) in [6, 6.07) is 14.9. The molecule has 1 aliphatic carbocycles. The van der Waals surface area contributed by atoms with Gasteiger partial charge in [0.05, 0.1) is 28.9 Å². The molecule has 1 fully saturated rings. The number of rotatable bonds is 8. The Morgan fingerprint density at radius 1 is 1.15 bits per heavy atom. The van der Waals surface area contributed by atoms with Crippen LogP contribution in [0.1, 0.15) is 41.3 Å². The molecule has 0 bridgehead atoms. The van der Waals surface area contributed by atoms with Gasteiger partial charge >= 0.3 is 0 Å². The zero-order valence-corrected chi connectivity index (χ0v) is 22.1. The minimum atomic E-state index is -3.96. The summed E-state index contributed by atoms with van der Waals surface area (Å²) in [5, 5.41) is 12.4. The first kappa shape index (κ1) is 26.4. The van der Waals surface area contributed by atoms with Crippen molar-refractivity contribution in [2.24, 2.45) is 5.73 Å². The van der Waals surface area contributed by atoms with Gasteiger partial charge in [0.25, 0.3) is 11.5 Å². The van der Waals surface area contributed by atoms with Crippen molar-refractivity contribution in [1.29, 1.82) is 5.26 Å². The van der Waals surface area contributed by atoms with Gasteiger partial charge in [-0.15, -0.1) is 0 Å². The van der Waals surface area contributed by atoms with Gasteiger partial charge in [0, 0.05) is 31.6 Å². The molecule has 202 valence electrons. The van der Waals surface area contributed by atoms with Crippen LogP contribution in [0.5, 0.6) is 0 Å². The lowest BCUT2D eigenvalue weighted by molar-refractivity contribution is -0.120. The smallest absolute Gasteiger partial charge is 0.264 e. The number of hydrogen-bond donors (Lipinski definition) is 3. The number of sulfonamides is 1. The Morgan fingerprint density at radius 2 is 1.87 bits per heavy atom. The van der Waals surface area contributed by atoms with Crippen LogP contribution < -0.4 is 26.2 Å². The van der Waals surface area contributed by atoms with Crippen molar-refractivity contribution in [3.8, 4) is 6.07 Å². The molecule has 39 heavy (non-hydrogen) atoms. The van der Waals surface area contributed by atoms with E-state index in [1.165, 1.54) is 6.92 Å². The van der Waals surface area contributed by atoms with Gasteiger partial charge in [-0.2, -0.15) is 5.26 Å². The van der Waals surface area contributed by atoms with Crippen LogP contribution in [0.2, 0.25) is 0 Å². The van der Waals surface area contributed by atoms with E-state index in [9.17, 15) is 22.8 Å². The molecule has 1 aliphatic heterocycles. The van der Waals surface area contributed by atoms with Gasteiger partial charge < -0.3 is 20.5 Å². The van der Waals surface area contributed by atoms with E-state index < -0.39 is 38.2 Å². The third-order valence-electron chi connectivity index (χ3n) is 7.31. The van der Waals surface area contributed by atoms with E-state index in [0.717, 1.165) is 5.56 Å². The predicted octanol–water partition coefficient (Wildman–Crippen LogP) is 0.949. The van der Waals surface area contributed by atoms with Crippen LogP contribution in [0, 0.1) is 11.3 Å². The fraction of sp³-hybridized carbons (Fsp3) is 0.333. The molecule has 11 nitrogen and oxygen atoms in total. The number of hydrogen-bond acceptors (Lipinski definition) is 8. The number of nitrogens with zero attached hydrogens (tertiary/aromatic N) is 3. The van der Waals surface area contributed by atoms with Crippen molar-refractivity contribution in [2.75, 3.05) is 18.0 Å². The number of pyridine rings is 1. The first-order valence-electron chi connectivity index (χ1n) is 12.6. The molecule has 5 rings (SSSR count). The summed E-state index contributed by atoms with van der Waals surface area (Å²) >= 11 is 0. The molecule has 0 radical (unpaired) electrons. The molecule has 0 unspecified atom stereocenters. The van der Waals surface area contributed by atoms with Crippen molar-refractivity contribution in [2.45, 2.75) is 43.6 Å². The van der Waals surface area contributed by atoms with E-state index in [2.05, 4.69) is 10.0 Å². The number of benzene rings is 2. The van der Waals surface area contributed by atoms with Gasteiger partial charge in [-0.1, -0.05) is 24.3 Å². The van der Waals surface area contributed by atoms with Crippen LogP contribution >= 0.6 is 0 Å². The molecule has 1 atom stereocenters. The number of nitrogens with two attached hydrogens (primary N) is 1. The molecule has 3 aromatic rings. The standard InChI is InChI=1S/C27H28N6O5S/c1-17(29)24(34)31-39(37,38)27(9-10-27)16-32-11-12-33-23-20(3-2-4-22(23)32)13-21(26(33)36)25(35)30-15-19-7-5-18(14-28)6-8-19/h2-8,13,17H,9-12,15-16,29H2,1H3,(H,30,35)(H,31,34)/t17-/m0/s1. The van der Waals surface area contributed by atoms with E-state index in [0.29, 0.717) is 41.5 Å². The van der Waals surface area contributed by atoms with Gasteiger partial charge in [-0.05, 0) is 49.6 Å². The molecule has 2 heterocycles. The third kappa shape index (κ3) is 4.86. The number of carbonyl (C=O) groups is 2. The second-order valence-corrected chi connectivity index (χ2v) is 12.2. The number of nitrogens with one attached hydrogen (secondary N) is 2. The Labute approximate surface area is 225 Å². The number of amides is 2. The van der Waals surface area contributed by atoms with Gasteiger partial charge in [0.15, 0.2) is 0 Å². The summed E-state index contributed by atoms with van der Waals surface area (Å²) in [5.74, 6) is -1.25. The minimum Gasteiger partial charge on any atom is -0.366 e. The Kier molecular flexibility index (Phi) is 6.65. The van der Waals surface area contributed by atoms with Gasteiger partial charge in [-0.25, -0.2) is 8.42 Å². The zero-order chi connectivity index (χ0) is 27.9. The highest BCUT2D eigenvalue weighted by Crippen LogP contribution is 2.45. The lowest BCUT2D eigenvalue weighted by Gasteiger charge is -2.34. The normalized spacial score (nSPS) is 16.3. The molecule has 0 spiro atoms. The highest BCUT2D eigenvalue weighted by atomic mass is 32.2. The number of anilines is 1. The number of nitriles is 1. The van der Waals surface area contributed by atoms with Crippen LogP contribution in [-0.2, 0) is 27.9 Å². The molecule has 1 saturated carbocycles. The molecule has 2 aliphatic rings. The Hall–Kier alpha value is -4.21. The first-order chi connectivity index (χ1) is 18.5. The summed E-state index contributed by atoms with van der Waals surface area (Å²) in [7, 11) is -3.96.